The highest BCUT2D eigenvalue weighted by molar-refractivity contribution is 7.89. The van der Waals surface area contributed by atoms with Gasteiger partial charge in [0.25, 0.3) is 5.91 Å². The van der Waals surface area contributed by atoms with Crippen molar-refractivity contribution in [3.05, 3.63) is 75.4 Å². The van der Waals surface area contributed by atoms with Crippen LogP contribution in [0, 0.1) is 0 Å². The minimum atomic E-state index is -3.73. The van der Waals surface area contributed by atoms with Gasteiger partial charge in [-0.05, 0) is 53.9 Å². The van der Waals surface area contributed by atoms with Crippen molar-refractivity contribution in [1.82, 2.24) is 4.31 Å². The van der Waals surface area contributed by atoms with Crippen molar-refractivity contribution in [2.24, 2.45) is 0 Å². The van der Waals surface area contributed by atoms with Crippen molar-refractivity contribution >= 4 is 50.5 Å². The first kappa shape index (κ1) is 22.0. The maximum Gasteiger partial charge on any atom is 0.345 e. The normalized spacial score (nSPS) is 11.3. The molecule has 2 aromatic carbocycles. The first-order valence-electron chi connectivity index (χ1n) is 8.57. The van der Waals surface area contributed by atoms with Gasteiger partial charge in [0.1, 0.15) is 5.75 Å². The van der Waals surface area contributed by atoms with E-state index in [9.17, 15) is 18.0 Å². The van der Waals surface area contributed by atoms with Crippen LogP contribution >= 0.6 is 22.9 Å². The van der Waals surface area contributed by atoms with E-state index in [1.807, 2.05) is 0 Å². The van der Waals surface area contributed by atoms with E-state index in [2.05, 4.69) is 5.32 Å². The fraction of sp³-hybridized carbons (Fsp3) is 0.100. The third-order valence-electron chi connectivity index (χ3n) is 4.00. The predicted octanol–water partition coefficient (Wildman–Crippen LogP) is 4.12. The fourth-order valence-electron chi connectivity index (χ4n) is 2.40. The lowest BCUT2D eigenvalue weighted by molar-refractivity contribution is 0.0734. The molecule has 0 aliphatic rings. The third-order valence-corrected chi connectivity index (χ3v) is 7.01. The molecule has 0 saturated carbocycles. The van der Waals surface area contributed by atoms with Crippen LogP contribution in [0.4, 0.5) is 5.69 Å². The number of nitrogens with zero attached hydrogens (tertiary/aromatic N) is 1. The molecule has 0 fully saturated rings. The van der Waals surface area contributed by atoms with E-state index >= 15 is 0 Å². The van der Waals surface area contributed by atoms with E-state index in [1.165, 1.54) is 55.8 Å². The minimum absolute atomic E-state index is 0.0672. The largest absolute Gasteiger partial charge is 0.423 e. The molecule has 1 aromatic heterocycles. The van der Waals surface area contributed by atoms with Crippen LogP contribution in [0.15, 0.2) is 64.9 Å². The van der Waals surface area contributed by atoms with Crippen molar-refractivity contribution in [2.75, 3.05) is 19.4 Å². The molecule has 0 bridgehead atoms. The number of halogens is 1. The molecule has 0 unspecified atom stereocenters. The Bertz CT molecular complexity index is 1170. The van der Waals surface area contributed by atoms with Gasteiger partial charge in [0.05, 0.1) is 20.4 Å². The molecule has 0 radical (unpaired) electrons. The summed E-state index contributed by atoms with van der Waals surface area (Å²) >= 11 is 7.39. The molecule has 10 heteroatoms. The lowest BCUT2D eigenvalue weighted by Gasteiger charge is -2.13. The first-order valence-corrected chi connectivity index (χ1v) is 11.3. The number of carbonyl (C=O) groups is 2. The van der Waals surface area contributed by atoms with E-state index in [4.69, 9.17) is 16.3 Å². The van der Waals surface area contributed by atoms with Gasteiger partial charge < -0.3 is 10.1 Å². The Morgan fingerprint density at radius 1 is 1.07 bits per heavy atom. The number of anilines is 1. The molecule has 0 spiro atoms. The van der Waals surface area contributed by atoms with Crippen molar-refractivity contribution < 1.29 is 22.7 Å². The number of amides is 1. The fourth-order valence-corrected chi connectivity index (χ4v) is 4.14. The van der Waals surface area contributed by atoms with Gasteiger partial charge in [-0.15, -0.1) is 11.3 Å². The zero-order valence-electron chi connectivity index (χ0n) is 16.0. The Hall–Kier alpha value is -2.72. The molecular formula is C20H17ClN2O5S2. The molecular weight excluding hydrogens is 448 g/mol. The molecule has 0 aliphatic heterocycles. The highest BCUT2D eigenvalue weighted by Crippen LogP contribution is 2.24. The molecule has 30 heavy (non-hydrogen) atoms. The number of rotatable bonds is 6. The van der Waals surface area contributed by atoms with E-state index in [-0.39, 0.29) is 27.1 Å². The summed E-state index contributed by atoms with van der Waals surface area (Å²) in [4.78, 5) is 25.1. The van der Waals surface area contributed by atoms with E-state index in [0.717, 1.165) is 4.31 Å². The van der Waals surface area contributed by atoms with Gasteiger partial charge in [-0.1, -0.05) is 17.7 Å². The van der Waals surface area contributed by atoms with Crippen LogP contribution in [-0.4, -0.2) is 38.7 Å². The third kappa shape index (κ3) is 4.88. The number of sulfonamides is 1. The predicted molar refractivity (Wildman–Crippen MR) is 116 cm³/mol. The summed E-state index contributed by atoms with van der Waals surface area (Å²) in [5.41, 5.74) is 0.458. The SMILES string of the molecule is CN(C)S(=O)(=O)c1ccc(Cl)c(C(=O)Oc2ccc(NC(=O)c3cccs3)cc2)c1. The van der Waals surface area contributed by atoms with Gasteiger partial charge in [-0.25, -0.2) is 17.5 Å². The Morgan fingerprint density at radius 3 is 2.37 bits per heavy atom. The minimum Gasteiger partial charge on any atom is -0.423 e. The summed E-state index contributed by atoms with van der Waals surface area (Å²) in [5, 5.41) is 4.61. The smallest absolute Gasteiger partial charge is 0.345 e. The highest BCUT2D eigenvalue weighted by atomic mass is 35.5. The molecule has 156 valence electrons. The van der Waals surface area contributed by atoms with Crippen molar-refractivity contribution in [3.63, 3.8) is 0 Å². The summed E-state index contributed by atoms with van der Waals surface area (Å²) < 4.78 is 30.9. The van der Waals surface area contributed by atoms with Gasteiger partial charge in [-0.2, -0.15) is 0 Å². The van der Waals surface area contributed by atoms with Gasteiger partial charge in [0.2, 0.25) is 10.0 Å². The number of benzene rings is 2. The number of hydrogen-bond acceptors (Lipinski definition) is 6. The molecule has 0 atom stereocenters. The number of esters is 1. The standard InChI is InChI=1S/C20H17ClN2O5S2/c1-23(2)30(26,27)15-9-10-17(21)16(12-15)20(25)28-14-7-5-13(6-8-14)22-19(24)18-4-3-11-29-18/h3-12H,1-2H3,(H,22,24). The maximum atomic E-state index is 12.5. The van der Waals surface area contributed by atoms with Gasteiger partial charge in [0, 0.05) is 19.8 Å². The maximum absolute atomic E-state index is 12.5. The zero-order chi connectivity index (χ0) is 21.9. The van der Waals surface area contributed by atoms with Crippen molar-refractivity contribution in [1.29, 1.82) is 0 Å². The second-order valence-electron chi connectivity index (χ2n) is 6.27. The lowest BCUT2D eigenvalue weighted by atomic mass is 10.2. The quantitative estimate of drug-likeness (QED) is 0.437. The second kappa shape index (κ2) is 8.97. The Balaban J connectivity index is 1.74. The van der Waals surface area contributed by atoms with E-state index in [1.54, 1.807) is 29.6 Å². The summed E-state index contributed by atoms with van der Waals surface area (Å²) in [5.74, 6) is -0.822. The summed E-state index contributed by atoms with van der Waals surface area (Å²) in [6, 6.07) is 13.5. The van der Waals surface area contributed by atoms with Crippen molar-refractivity contribution in [2.45, 2.75) is 4.90 Å². The summed E-state index contributed by atoms with van der Waals surface area (Å²) in [6.07, 6.45) is 0. The topological polar surface area (TPSA) is 92.8 Å². The average Bonchev–Trinajstić information content (AvgIpc) is 3.24. The van der Waals surface area contributed by atoms with Crippen LogP contribution < -0.4 is 10.1 Å². The summed E-state index contributed by atoms with van der Waals surface area (Å²) in [7, 11) is -0.952. The number of ether oxygens (including phenoxy) is 1. The zero-order valence-corrected chi connectivity index (χ0v) is 18.3. The number of nitrogens with one attached hydrogen (secondary N) is 1. The summed E-state index contributed by atoms with van der Waals surface area (Å²) in [6.45, 7) is 0. The Labute approximate surface area is 182 Å². The molecule has 7 nitrogen and oxygen atoms in total. The molecule has 0 aliphatic carbocycles. The van der Waals surface area contributed by atoms with Crippen LogP contribution in [-0.2, 0) is 10.0 Å². The highest BCUT2D eigenvalue weighted by Gasteiger charge is 2.21. The number of carbonyl (C=O) groups excluding carboxylic acids is 2. The van der Waals surface area contributed by atoms with E-state index < -0.39 is 16.0 Å². The van der Waals surface area contributed by atoms with Crippen molar-refractivity contribution in [3.8, 4) is 5.75 Å². The molecule has 3 aromatic rings. The van der Waals surface area contributed by atoms with Gasteiger partial charge in [-0.3, -0.25) is 4.79 Å². The molecule has 0 saturated heterocycles. The van der Waals surface area contributed by atoms with Gasteiger partial charge in [0.15, 0.2) is 0 Å². The molecule has 1 N–H and O–H groups in total. The number of thiophene rings is 1. The number of hydrogen-bond donors (Lipinski definition) is 1. The lowest BCUT2D eigenvalue weighted by Crippen LogP contribution is -2.22. The second-order valence-corrected chi connectivity index (χ2v) is 9.78. The Kier molecular flexibility index (Phi) is 6.57. The molecule has 3 rings (SSSR count). The molecule has 1 amide bonds. The van der Waals surface area contributed by atoms with E-state index in [0.29, 0.717) is 10.6 Å². The Morgan fingerprint density at radius 2 is 1.77 bits per heavy atom. The monoisotopic (exact) mass is 464 g/mol. The van der Waals surface area contributed by atoms with Gasteiger partial charge >= 0.3 is 5.97 Å². The van der Waals surface area contributed by atoms with Crippen LogP contribution in [0.5, 0.6) is 5.75 Å². The van der Waals surface area contributed by atoms with Crippen LogP contribution in [0.1, 0.15) is 20.0 Å². The average molecular weight is 465 g/mol. The molecule has 1 heterocycles. The van der Waals surface area contributed by atoms with Crippen LogP contribution in [0.3, 0.4) is 0 Å². The first-order chi connectivity index (χ1) is 14.2. The van der Waals surface area contributed by atoms with Crippen LogP contribution in [0.2, 0.25) is 5.02 Å². The van der Waals surface area contributed by atoms with Crippen LogP contribution in [0.25, 0.3) is 0 Å².